The van der Waals surface area contributed by atoms with E-state index in [0.29, 0.717) is 15.0 Å². The van der Waals surface area contributed by atoms with E-state index in [2.05, 4.69) is 26.2 Å². The van der Waals surface area contributed by atoms with Crippen molar-refractivity contribution < 1.29 is 13.2 Å². The molecule has 3 rings (SSSR count). The van der Waals surface area contributed by atoms with E-state index in [1.165, 1.54) is 23.5 Å². The molecule has 0 bridgehead atoms. The number of carbonyl (C=O) groups is 1. The van der Waals surface area contributed by atoms with Crippen LogP contribution >= 0.6 is 27.3 Å². The topological polar surface area (TPSA) is 79.0 Å². The number of amides is 1. The number of sulfone groups is 1. The van der Waals surface area contributed by atoms with Crippen LogP contribution in [0.2, 0.25) is 0 Å². The van der Waals surface area contributed by atoms with Crippen LogP contribution < -0.4 is 5.32 Å². The summed E-state index contributed by atoms with van der Waals surface area (Å²) in [6, 6.07) is 10.4. The highest BCUT2D eigenvalue weighted by atomic mass is 79.9. The summed E-state index contributed by atoms with van der Waals surface area (Å²) in [6.45, 7) is 0. The van der Waals surface area contributed by atoms with E-state index in [1.54, 1.807) is 6.07 Å². The molecular weight excluding hydrogens is 424 g/mol. The minimum atomic E-state index is -3.36. The maximum Gasteiger partial charge on any atom is 0.265 e. The minimum Gasteiger partial charge on any atom is -0.365 e. The van der Waals surface area contributed by atoms with Gasteiger partial charge < -0.3 is 10.3 Å². The van der Waals surface area contributed by atoms with Gasteiger partial charge in [0.05, 0.1) is 9.77 Å². The Hall–Kier alpha value is -1.90. The lowest BCUT2D eigenvalue weighted by Crippen LogP contribution is -2.11. The van der Waals surface area contributed by atoms with Gasteiger partial charge in [-0.1, -0.05) is 15.9 Å². The van der Waals surface area contributed by atoms with Gasteiger partial charge in [-0.25, -0.2) is 8.42 Å². The predicted molar refractivity (Wildman–Crippen MR) is 103 cm³/mol. The summed E-state index contributed by atoms with van der Waals surface area (Å²) in [6.07, 6.45) is 3.72. The van der Waals surface area contributed by atoms with Crippen LogP contribution in [0.25, 0.3) is 0 Å². The fourth-order valence-electron chi connectivity index (χ4n) is 2.33. The van der Waals surface area contributed by atoms with Gasteiger partial charge in [0.1, 0.15) is 0 Å². The third kappa shape index (κ3) is 4.59. The number of halogens is 1. The third-order valence-corrected chi connectivity index (χ3v) is 6.02. The lowest BCUT2D eigenvalue weighted by Gasteiger charge is -2.07. The van der Waals surface area contributed by atoms with Crippen molar-refractivity contribution in [3.63, 3.8) is 0 Å². The van der Waals surface area contributed by atoms with E-state index >= 15 is 0 Å². The van der Waals surface area contributed by atoms with Crippen molar-refractivity contribution in [1.29, 1.82) is 0 Å². The summed E-state index contributed by atoms with van der Waals surface area (Å²) in [5.74, 6) is -0.264. The lowest BCUT2D eigenvalue weighted by molar-refractivity contribution is 0.103. The fraction of sp³-hybridized carbons (Fsp3) is 0.118. The molecule has 2 N–H and O–H groups in total. The molecule has 25 heavy (non-hydrogen) atoms. The van der Waals surface area contributed by atoms with Gasteiger partial charge in [-0.05, 0) is 47.3 Å². The SMILES string of the molecule is CS(=O)(=O)c1cc(Br)cc(NC(=O)c2cc(Cc3ccc[nH]3)cs2)c1. The molecular formula is C17H15BrN2O3S2. The number of aromatic amines is 1. The smallest absolute Gasteiger partial charge is 0.265 e. The summed E-state index contributed by atoms with van der Waals surface area (Å²) in [5, 5.41) is 4.70. The number of hydrogen-bond donors (Lipinski definition) is 2. The highest BCUT2D eigenvalue weighted by Gasteiger charge is 2.14. The molecule has 0 fully saturated rings. The van der Waals surface area contributed by atoms with E-state index in [9.17, 15) is 13.2 Å². The van der Waals surface area contributed by atoms with Crippen LogP contribution in [0.4, 0.5) is 5.69 Å². The molecule has 0 aliphatic heterocycles. The van der Waals surface area contributed by atoms with Crippen molar-refractivity contribution in [2.75, 3.05) is 11.6 Å². The van der Waals surface area contributed by atoms with E-state index in [1.807, 2.05) is 29.8 Å². The largest absolute Gasteiger partial charge is 0.365 e. The zero-order valence-electron chi connectivity index (χ0n) is 13.2. The zero-order chi connectivity index (χ0) is 18.0. The highest BCUT2D eigenvalue weighted by molar-refractivity contribution is 9.10. The second-order valence-electron chi connectivity index (χ2n) is 5.59. The van der Waals surface area contributed by atoms with Crippen LogP contribution in [-0.4, -0.2) is 25.6 Å². The van der Waals surface area contributed by atoms with Crippen molar-refractivity contribution >= 4 is 48.7 Å². The summed E-state index contributed by atoms with van der Waals surface area (Å²) >= 11 is 4.63. The zero-order valence-corrected chi connectivity index (χ0v) is 16.5. The Bertz CT molecular complexity index is 1010. The Morgan fingerprint density at radius 1 is 1.28 bits per heavy atom. The number of hydrogen-bond acceptors (Lipinski definition) is 4. The fourth-order valence-corrected chi connectivity index (χ4v) is 4.46. The average molecular weight is 439 g/mol. The van der Waals surface area contributed by atoms with Crippen LogP contribution in [0, 0.1) is 0 Å². The normalized spacial score (nSPS) is 11.4. The first-order valence-electron chi connectivity index (χ1n) is 7.33. The number of thiophene rings is 1. The van der Waals surface area contributed by atoms with Crippen molar-refractivity contribution in [3.8, 4) is 0 Å². The maximum absolute atomic E-state index is 12.4. The Morgan fingerprint density at radius 2 is 2.08 bits per heavy atom. The molecule has 0 spiro atoms. The van der Waals surface area contributed by atoms with Crippen molar-refractivity contribution in [2.45, 2.75) is 11.3 Å². The summed E-state index contributed by atoms with van der Waals surface area (Å²) < 4.78 is 24.0. The number of carbonyl (C=O) groups excluding carboxylic acids is 1. The van der Waals surface area contributed by atoms with Gasteiger partial charge in [0.25, 0.3) is 5.91 Å². The third-order valence-electron chi connectivity index (χ3n) is 3.49. The molecule has 0 aliphatic rings. The molecule has 0 unspecified atom stereocenters. The molecule has 3 aromatic rings. The van der Waals surface area contributed by atoms with Gasteiger partial charge >= 0.3 is 0 Å². The quantitative estimate of drug-likeness (QED) is 0.629. The van der Waals surface area contributed by atoms with Crippen LogP contribution in [-0.2, 0) is 16.3 Å². The van der Waals surface area contributed by atoms with Gasteiger partial charge in [0.15, 0.2) is 9.84 Å². The molecule has 130 valence electrons. The first kappa shape index (κ1) is 17.9. The molecule has 0 radical (unpaired) electrons. The van der Waals surface area contributed by atoms with Crippen molar-refractivity contribution in [2.24, 2.45) is 0 Å². The number of nitrogens with one attached hydrogen (secondary N) is 2. The van der Waals surface area contributed by atoms with E-state index in [0.717, 1.165) is 23.9 Å². The average Bonchev–Trinajstić information content (AvgIpc) is 3.18. The first-order chi connectivity index (χ1) is 11.8. The standard InChI is InChI=1S/C17H15BrN2O3S2/c1-25(22,23)15-8-12(18)7-14(9-15)20-17(21)16-6-11(10-24-16)5-13-3-2-4-19-13/h2-4,6-10,19H,5H2,1H3,(H,20,21). The molecule has 0 atom stereocenters. The number of H-pyrrole nitrogens is 1. The van der Waals surface area contributed by atoms with E-state index < -0.39 is 9.84 Å². The molecule has 1 amide bonds. The number of benzene rings is 1. The Morgan fingerprint density at radius 3 is 2.76 bits per heavy atom. The summed E-state index contributed by atoms with van der Waals surface area (Å²) in [7, 11) is -3.36. The second-order valence-corrected chi connectivity index (χ2v) is 9.44. The van der Waals surface area contributed by atoms with Gasteiger partial charge in [-0.3, -0.25) is 4.79 Å². The molecule has 8 heteroatoms. The van der Waals surface area contributed by atoms with E-state index in [-0.39, 0.29) is 10.8 Å². The molecule has 5 nitrogen and oxygen atoms in total. The molecule has 2 aromatic heterocycles. The molecule has 2 heterocycles. The van der Waals surface area contributed by atoms with Gasteiger partial charge in [-0.15, -0.1) is 11.3 Å². The number of aromatic nitrogens is 1. The van der Waals surface area contributed by atoms with Crippen LogP contribution in [0.1, 0.15) is 20.9 Å². The lowest BCUT2D eigenvalue weighted by atomic mass is 10.2. The molecule has 0 aliphatic carbocycles. The second kappa shape index (κ2) is 7.15. The van der Waals surface area contributed by atoms with Crippen molar-refractivity contribution in [3.05, 3.63) is 68.6 Å². The summed E-state index contributed by atoms with van der Waals surface area (Å²) in [5.41, 5.74) is 2.55. The van der Waals surface area contributed by atoms with Gasteiger partial charge in [0.2, 0.25) is 0 Å². The maximum atomic E-state index is 12.4. The highest BCUT2D eigenvalue weighted by Crippen LogP contribution is 2.24. The molecule has 0 saturated carbocycles. The minimum absolute atomic E-state index is 0.149. The van der Waals surface area contributed by atoms with Crippen LogP contribution in [0.3, 0.4) is 0 Å². The Balaban J connectivity index is 1.76. The number of anilines is 1. The van der Waals surface area contributed by atoms with Gasteiger partial charge in [0, 0.05) is 34.7 Å². The Kier molecular flexibility index (Phi) is 5.12. The van der Waals surface area contributed by atoms with E-state index in [4.69, 9.17) is 0 Å². The van der Waals surface area contributed by atoms with Crippen molar-refractivity contribution in [1.82, 2.24) is 4.98 Å². The monoisotopic (exact) mass is 438 g/mol. The predicted octanol–water partition coefficient (Wildman–Crippen LogP) is 4.09. The van der Waals surface area contributed by atoms with Crippen LogP contribution in [0.5, 0.6) is 0 Å². The van der Waals surface area contributed by atoms with Crippen LogP contribution in [0.15, 0.2) is 57.3 Å². The summed E-state index contributed by atoms with van der Waals surface area (Å²) in [4.78, 5) is 16.3. The number of rotatable bonds is 5. The van der Waals surface area contributed by atoms with Gasteiger partial charge in [-0.2, -0.15) is 0 Å². The molecule has 1 aromatic carbocycles. The Labute approximate surface area is 158 Å². The molecule has 0 saturated heterocycles. The first-order valence-corrected chi connectivity index (χ1v) is 10.9.